The number of benzene rings is 1. The molecule has 0 bridgehead atoms. The predicted molar refractivity (Wildman–Crippen MR) is 70.1 cm³/mol. The van der Waals surface area contributed by atoms with E-state index < -0.39 is 0 Å². The summed E-state index contributed by atoms with van der Waals surface area (Å²) in [6.07, 6.45) is 0. The fourth-order valence-corrected chi connectivity index (χ4v) is 1.93. The third-order valence-corrected chi connectivity index (χ3v) is 2.87. The lowest BCUT2D eigenvalue weighted by Gasteiger charge is -2.14. The number of nitrogens with one attached hydrogen (secondary N) is 1. The summed E-state index contributed by atoms with van der Waals surface area (Å²) < 4.78 is 15.9. The highest BCUT2D eigenvalue weighted by Gasteiger charge is 2.20. The number of methoxy groups -OCH3 is 3. The van der Waals surface area contributed by atoms with Gasteiger partial charge in [-0.15, -0.1) is 0 Å². The van der Waals surface area contributed by atoms with Crippen LogP contribution >= 0.6 is 0 Å². The van der Waals surface area contributed by atoms with Gasteiger partial charge < -0.3 is 19.5 Å². The van der Waals surface area contributed by atoms with E-state index in [2.05, 4.69) is 17.2 Å². The Hall–Kier alpha value is -1.91. The van der Waals surface area contributed by atoms with Gasteiger partial charge in [0, 0.05) is 12.1 Å². The van der Waals surface area contributed by atoms with Crippen molar-refractivity contribution in [2.75, 3.05) is 27.9 Å². The van der Waals surface area contributed by atoms with Crippen molar-refractivity contribution in [3.63, 3.8) is 0 Å². The second-order valence-electron chi connectivity index (χ2n) is 4.14. The molecule has 0 saturated heterocycles. The first-order valence-corrected chi connectivity index (χ1v) is 5.81. The molecule has 1 aliphatic heterocycles. The molecule has 0 aliphatic carbocycles. The molecule has 1 unspecified atom stereocenters. The molecule has 98 valence electrons. The molecule has 1 aromatic carbocycles. The fourth-order valence-electron chi connectivity index (χ4n) is 1.93. The van der Waals surface area contributed by atoms with Crippen molar-refractivity contribution >= 4 is 5.84 Å². The fraction of sp³-hybridized carbons (Fsp3) is 0.462. The number of hydrogen-bond acceptors (Lipinski definition) is 5. The molecule has 1 aromatic rings. The smallest absolute Gasteiger partial charge is 0.164 e. The van der Waals surface area contributed by atoms with Gasteiger partial charge >= 0.3 is 0 Å². The number of nitrogens with zero attached hydrogens (tertiary/aromatic N) is 1. The van der Waals surface area contributed by atoms with Gasteiger partial charge in [-0.2, -0.15) is 0 Å². The van der Waals surface area contributed by atoms with Crippen LogP contribution in [0, 0.1) is 0 Å². The van der Waals surface area contributed by atoms with Crippen molar-refractivity contribution in [1.82, 2.24) is 5.32 Å². The molecule has 5 heteroatoms. The van der Waals surface area contributed by atoms with Gasteiger partial charge in [0.05, 0.1) is 33.4 Å². The molecule has 0 amide bonds. The Morgan fingerprint density at radius 1 is 1.06 bits per heavy atom. The van der Waals surface area contributed by atoms with Crippen LogP contribution in [0.1, 0.15) is 12.5 Å². The molecule has 0 aromatic heterocycles. The van der Waals surface area contributed by atoms with Crippen LogP contribution in [0.5, 0.6) is 17.2 Å². The average molecular weight is 250 g/mol. The molecule has 2 rings (SSSR count). The first-order valence-electron chi connectivity index (χ1n) is 5.81. The molecule has 1 aliphatic rings. The number of aliphatic imine (C=N–C) groups is 1. The molecule has 1 N–H and O–H groups in total. The van der Waals surface area contributed by atoms with E-state index in [1.807, 2.05) is 6.07 Å². The molecular weight excluding hydrogens is 232 g/mol. The maximum Gasteiger partial charge on any atom is 0.164 e. The molecule has 0 saturated carbocycles. The average Bonchev–Trinajstić information content (AvgIpc) is 2.83. The van der Waals surface area contributed by atoms with Crippen molar-refractivity contribution in [3.05, 3.63) is 17.7 Å². The highest BCUT2D eigenvalue weighted by atomic mass is 16.5. The van der Waals surface area contributed by atoms with E-state index in [9.17, 15) is 0 Å². The van der Waals surface area contributed by atoms with Crippen LogP contribution in [0.4, 0.5) is 0 Å². The summed E-state index contributed by atoms with van der Waals surface area (Å²) in [5.41, 5.74) is 0.888. The summed E-state index contributed by atoms with van der Waals surface area (Å²) in [5, 5.41) is 3.31. The summed E-state index contributed by atoms with van der Waals surface area (Å²) in [5.74, 6) is 2.86. The van der Waals surface area contributed by atoms with Crippen molar-refractivity contribution in [2.24, 2.45) is 4.99 Å². The van der Waals surface area contributed by atoms with E-state index >= 15 is 0 Å². The number of ether oxygens (including phenoxy) is 3. The normalized spacial score (nSPS) is 18.0. The Morgan fingerprint density at radius 2 is 1.67 bits per heavy atom. The van der Waals surface area contributed by atoms with Crippen molar-refractivity contribution in [3.8, 4) is 17.2 Å². The summed E-state index contributed by atoms with van der Waals surface area (Å²) in [6.45, 7) is 2.86. The minimum Gasteiger partial charge on any atom is -0.496 e. The quantitative estimate of drug-likeness (QED) is 0.878. The zero-order valence-corrected chi connectivity index (χ0v) is 11.1. The summed E-state index contributed by atoms with van der Waals surface area (Å²) in [6, 6.07) is 4.03. The molecule has 18 heavy (non-hydrogen) atoms. The van der Waals surface area contributed by atoms with E-state index in [0.29, 0.717) is 23.3 Å². The van der Waals surface area contributed by atoms with Crippen molar-refractivity contribution in [2.45, 2.75) is 13.0 Å². The van der Waals surface area contributed by atoms with Gasteiger partial charge in [-0.05, 0) is 13.0 Å². The van der Waals surface area contributed by atoms with Crippen LogP contribution in [0.2, 0.25) is 0 Å². The SMILES string of the molecule is COc1cc(OC)c(C2=NCC(C)N2)cc1OC. The standard InChI is InChI=1S/C13H18N2O3/c1-8-7-14-13(15-8)9-5-11(17-3)12(18-4)6-10(9)16-2/h5-6,8H,7H2,1-4H3,(H,14,15). The molecule has 0 spiro atoms. The lowest BCUT2D eigenvalue weighted by atomic mass is 10.1. The van der Waals surface area contributed by atoms with Crippen molar-refractivity contribution < 1.29 is 14.2 Å². The summed E-state index contributed by atoms with van der Waals surface area (Å²) in [4.78, 5) is 4.46. The Bertz CT molecular complexity index is 472. The first-order chi connectivity index (χ1) is 8.69. The molecule has 1 heterocycles. The van der Waals surface area contributed by atoms with Crippen LogP contribution in [-0.2, 0) is 0 Å². The molecule has 0 radical (unpaired) electrons. The zero-order chi connectivity index (χ0) is 13.1. The van der Waals surface area contributed by atoms with Gasteiger partial charge in [0.2, 0.25) is 0 Å². The summed E-state index contributed by atoms with van der Waals surface area (Å²) in [7, 11) is 4.84. The van der Waals surface area contributed by atoms with E-state index in [1.165, 1.54) is 0 Å². The van der Waals surface area contributed by atoms with E-state index in [0.717, 1.165) is 17.9 Å². The second kappa shape index (κ2) is 5.16. The molecule has 5 nitrogen and oxygen atoms in total. The second-order valence-corrected chi connectivity index (χ2v) is 4.14. The predicted octanol–water partition coefficient (Wildman–Crippen LogP) is 1.45. The van der Waals surface area contributed by atoms with Gasteiger partial charge in [0.25, 0.3) is 0 Å². The van der Waals surface area contributed by atoms with Crippen LogP contribution < -0.4 is 19.5 Å². The Kier molecular flexibility index (Phi) is 3.60. The van der Waals surface area contributed by atoms with Crippen LogP contribution in [0.3, 0.4) is 0 Å². The molecule has 0 fully saturated rings. The minimum atomic E-state index is 0.345. The minimum absolute atomic E-state index is 0.345. The third kappa shape index (κ3) is 2.20. The lowest BCUT2D eigenvalue weighted by Crippen LogP contribution is -2.28. The van der Waals surface area contributed by atoms with Crippen LogP contribution in [0.25, 0.3) is 0 Å². The van der Waals surface area contributed by atoms with Gasteiger partial charge in [0.1, 0.15) is 11.6 Å². The Morgan fingerprint density at radius 3 is 2.17 bits per heavy atom. The van der Waals surface area contributed by atoms with E-state index in [-0.39, 0.29) is 0 Å². The van der Waals surface area contributed by atoms with Gasteiger partial charge in [-0.3, -0.25) is 4.99 Å². The maximum absolute atomic E-state index is 5.38. The lowest BCUT2D eigenvalue weighted by molar-refractivity contribution is 0.348. The molecule has 1 atom stereocenters. The monoisotopic (exact) mass is 250 g/mol. The highest BCUT2D eigenvalue weighted by Crippen LogP contribution is 2.35. The molecular formula is C13H18N2O3. The maximum atomic E-state index is 5.38. The van der Waals surface area contributed by atoms with Crippen LogP contribution in [0.15, 0.2) is 17.1 Å². The number of amidine groups is 1. The largest absolute Gasteiger partial charge is 0.496 e. The van der Waals surface area contributed by atoms with E-state index in [4.69, 9.17) is 14.2 Å². The zero-order valence-electron chi connectivity index (χ0n) is 11.1. The van der Waals surface area contributed by atoms with Crippen LogP contribution in [-0.4, -0.2) is 39.8 Å². The summed E-state index contributed by atoms with van der Waals surface area (Å²) >= 11 is 0. The van der Waals surface area contributed by atoms with E-state index in [1.54, 1.807) is 27.4 Å². The topological polar surface area (TPSA) is 52.1 Å². The third-order valence-electron chi connectivity index (χ3n) is 2.87. The highest BCUT2D eigenvalue weighted by molar-refractivity contribution is 6.03. The van der Waals surface area contributed by atoms with Gasteiger partial charge in [-0.25, -0.2) is 0 Å². The Labute approximate surface area is 107 Å². The number of hydrogen-bond donors (Lipinski definition) is 1. The number of rotatable bonds is 4. The first kappa shape index (κ1) is 12.5. The van der Waals surface area contributed by atoms with Gasteiger partial charge in [0.15, 0.2) is 11.5 Å². The van der Waals surface area contributed by atoms with Crippen molar-refractivity contribution in [1.29, 1.82) is 0 Å². The Balaban J connectivity index is 2.45. The van der Waals surface area contributed by atoms with Gasteiger partial charge in [-0.1, -0.05) is 0 Å².